The Bertz CT molecular complexity index is 614. The molecule has 106 valence electrons. The zero-order valence-electron chi connectivity index (χ0n) is 11.7. The van der Waals surface area contributed by atoms with Gasteiger partial charge in [0, 0.05) is 10.4 Å². The van der Waals surface area contributed by atoms with Crippen LogP contribution in [0.4, 0.5) is 5.69 Å². The van der Waals surface area contributed by atoms with Crippen molar-refractivity contribution in [3.63, 3.8) is 0 Å². The van der Waals surface area contributed by atoms with Crippen LogP contribution < -0.4 is 10.6 Å². The molecule has 1 aromatic carbocycles. The first-order valence-corrected chi connectivity index (χ1v) is 8.15. The molecular formula is C16H20N2OS. The first kappa shape index (κ1) is 13.6. The van der Waals surface area contributed by atoms with Gasteiger partial charge < -0.3 is 10.6 Å². The highest BCUT2D eigenvalue weighted by atomic mass is 32.1. The lowest BCUT2D eigenvalue weighted by molar-refractivity contribution is -0.122. The molecule has 3 rings (SSSR count). The normalized spacial score (nSPS) is 22.2. The average molecular weight is 288 g/mol. The number of thiophene rings is 1. The van der Waals surface area contributed by atoms with E-state index in [0.29, 0.717) is 0 Å². The summed E-state index contributed by atoms with van der Waals surface area (Å²) in [6, 6.07) is 8.21. The molecule has 0 radical (unpaired) electrons. The van der Waals surface area contributed by atoms with Crippen LogP contribution >= 0.6 is 11.3 Å². The molecule has 1 aliphatic rings. The fraction of sp³-hybridized carbons (Fsp3) is 0.438. The van der Waals surface area contributed by atoms with Gasteiger partial charge >= 0.3 is 0 Å². The number of fused-ring (bicyclic) bond motifs is 1. The third-order valence-electron chi connectivity index (χ3n) is 4.07. The summed E-state index contributed by atoms with van der Waals surface area (Å²) in [5.74, 6) is 0.117. The zero-order valence-corrected chi connectivity index (χ0v) is 12.6. The Morgan fingerprint density at radius 3 is 3.10 bits per heavy atom. The fourth-order valence-corrected chi connectivity index (χ4v) is 3.82. The molecule has 2 heterocycles. The molecule has 0 spiro atoms. The van der Waals surface area contributed by atoms with E-state index < -0.39 is 0 Å². The van der Waals surface area contributed by atoms with Crippen molar-refractivity contribution in [2.75, 3.05) is 11.9 Å². The second-order valence-electron chi connectivity index (χ2n) is 5.49. The van der Waals surface area contributed by atoms with Gasteiger partial charge in [0.2, 0.25) is 5.91 Å². The summed E-state index contributed by atoms with van der Waals surface area (Å²) < 4.78 is 1.25. The number of amides is 1. The van der Waals surface area contributed by atoms with E-state index in [1.54, 1.807) is 11.3 Å². The SMILES string of the molecule is CCCC1(C(=O)Nc2ccc3sccc3c2)CCCN1. The number of benzene rings is 1. The molecule has 1 fully saturated rings. The highest BCUT2D eigenvalue weighted by Gasteiger charge is 2.39. The summed E-state index contributed by atoms with van der Waals surface area (Å²) in [6.45, 7) is 3.07. The van der Waals surface area contributed by atoms with Crippen molar-refractivity contribution < 1.29 is 4.79 Å². The largest absolute Gasteiger partial charge is 0.324 e. The third-order valence-corrected chi connectivity index (χ3v) is 4.96. The van der Waals surface area contributed by atoms with Crippen LogP contribution in [0.2, 0.25) is 0 Å². The Labute approximate surface area is 123 Å². The summed E-state index contributed by atoms with van der Waals surface area (Å²) in [4.78, 5) is 12.6. The van der Waals surface area contributed by atoms with Crippen molar-refractivity contribution in [3.8, 4) is 0 Å². The Morgan fingerprint density at radius 1 is 1.45 bits per heavy atom. The second kappa shape index (κ2) is 5.54. The van der Waals surface area contributed by atoms with Crippen molar-refractivity contribution >= 4 is 33.0 Å². The van der Waals surface area contributed by atoms with Gasteiger partial charge in [0.1, 0.15) is 0 Å². The number of hydrogen-bond acceptors (Lipinski definition) is 3. The topological polar surface area (TPSA) is 41.1 Å². The molecule has 0 bridgehead atoms. The first-order valence-electron chi connectivity index (χ1n) is 7.27. The van der Waals surface area contributed by atoms with Gasteiger partial charge in [0.25, 0.3) is 0 Å². The van der Waals surface area contributed by atoms with Gasteiger partial charge in [0.05, 0.1) is 5.54 Å². The Morgan fingerprint density at radius 2 is 2.35 bits per heavy atom. The molecule has 1 aromatic heterocycles. The molecule has 2 N–H and O–H groups in total. The minimum atomic E-state index is -0.363. The molecule has 0 aliphatic carbocycles. The van der Waals surface area contributed by atoms with Gasteiger partial charge in [-0.1, -0.05) is 13.3 Å². The number of carbonyl (C=O) groups excluding carboxylic acids is 1. The van der Waals surface area contributed by atoms with Crippen LogP contribution in [0.25, 0.3) is 10.1 Å². The maximum Gasteiger partial charge on any atom is 0.244 e. The highest BCUT2D eigenvalue weighted by Crippen LogP contribution is 2.28. The second-order valence-corrected chi connectivity index (χ2v) is 6.44. The molecule has 1 unspecified atom stereocenters. The molecule has 0 saturated carbocycles. The van der Waals surface area contributed by atoms with Crippen LogP contribution in [-0.2, 0) is 4.79 Å². The average Bonchev–Trinajstić information content (AvgIpc) is 3.08. The van der Waals surface area contributed by atoms with E-state index in [2.05, 4.69) is 41.1 Å². The maximum absolute atomic E-state index is 12.6. The first-order chi connectivity index (χ1) is 9.73. The predicted octanol–water partition coefficient (Wildman–Crippen LogP) is 3.76. The van der Waals surface area contributed by atoms with Crippen LogP contribution in [0.3, 0.4) is 0 Å². The zero-order chi connectivity index (χ0) is 14.0. The Balaban J connectivity index is 1.80. The lowest BCUT2D eigenvalue weighted by Crippen LogP contribution is -2.50. The Kier molecular flexibility index (Phi) is 3.76. The van der Waals surface area contributed by atoms with Crippen molar-refractivity contribution in [1.82, 2.24) is 5.32 Å². The van der Waals surface area contributed by atoms with Gasteiger partial charge in [-0.25, -0.2) is 0 Å². The van der Waals surface area contributed by atoms with E-state index in [1.807, 2.05) is 6.07 Å². The van der Waals surface area contributed by atoms with E-state index in [1.165, 1.54) is 10.1 Å². The third kappa shape index (κ3) is 2.45. The van der Waals surface area contributed by atoms with Gasteiger partial charge in [-0.15, -0.1) is 11.3 Å². The monoisotopic (exact) mass is 288 g/mol. The fourth-order valence-electron chi connectivity index (χ4n) is 3.05. The van der Waals surface area contributed by atoms with E-state index in [9.17, 15) is 4.79 Å². The minimum absolute atomic E-state index is 0.117. The molecule has 1 amide bonds. The summed E-state index contributed by atoms with van der Waals surface area (Å²) in [5, 5.41) is 9.78. The molecule has 1 atom stereocenters. The molecular weight excluding hydrogens is 268 g/mol. The van der Waals surface area contributed by atoms with Gasteiger partial charge in [-0.05, 0) is 60.8 Å². The van der Waals surface area contributed by atoms with Crippen LogP contribution in [0.5, 0.6) is 0 Å². The number of rotatable bonds is 4. The molecule has 4 heteroatoms. The van der Waals surface area contributed by atoms with E-state index in [-0.39, 0.29) is 11.4 Å². The maximum atomic E-state index is 12.6. The number of hydrogen-bond donors (Lipinski definition) is 2. The van der Waals surface area contributed by atoms with E-state index in [4.69, 9.17) is 0 Å². The van der Waals surface area contributed by atoms with Crippen LogP contribution in [0, 0.1) is 0 Å². The number of carbonyl (C=O) groups is 1. The van der Waals surface area contributed by atoms with Gasteiger partial charge in [-0.2, -0.15) is 0 Å². The van der Waals surface area contributed by atoms with Gasteiger partial charge in [0.15, 0.2) is 0 Å². The molecule has 1 saturated heterocycles. The van der Waals surface area contributed by atoms with Crippen molar-refractivity contribution in [3.05, 3.63) is 29.6 Å². The lowest BCUT2D eigenvalue weighted by atomic mass is 9.91. The smallest absolute Gasteiger partial charge is 0.244 e. The van der Waals surface area contributed by atoms with E-state index >= 15 is 0 Å². The summed E-state index contributed by atoms with van der Waals surface area (Å²) in [6.07, 6.45) is 3.94. The van der Waals surface area contributed by atoms with Crippen molar-refractivity contribution in [1.29, 1.82) is 0 Å². The van der Waals surface area contributed by atoms with Gasteiger partial charge in [-0.3, -0.25) is 4.79 Å². The summed E-state index contributed by atoms with van der Waals surface area (Å²) in [7, 11) is 0. The minimum Gasteiger partial charge on any atom is -0.324 e. The van der Waals surface area contributed by atoms with E-state index in [0.717, 1.165) is 37.9 Å². The van der Waals surface area contributed by atoms with Crippen LogP contribution in [0.1, 0.15) is 32.6 Å². The summed E-state index contributed by atoms with van der Waals surface area (Å²) in [5.41, 5.74) is 0.531. The summed E-state index contributed by atoms with van der Waals surface area (Å²) >= 11 is 1.72. The quantitative estimate of drug-likeness (QED) is 0.899. The van der Waals surface area contributed by atoms with Crippen LogP contribution in [0.15, 0.2) is 29.6 Å². The predicted molar refractivity (Wildman–Crippen MR) is 85.3 cm³/mol. The van der Waals surface area contributed by atoms with Crippen molar-refractivity contribution in [2.45, 2.75) is 38.1 Å². The number of anilines is 1. The van der Waals surface area contributed by atoms with Crippen LogP contribution in [-0.4, -0.2) is 18.0 Å². The van der Waals surface area contributed by atoms with Crippen molar-refractivity contribution in [2.24, 2.45) is 0 Å². The Hall–Kier alpha value is -1.39. The number of nitrogens with one attached hydrogen (secondary N) is 2. The lowest BCUT2D eigenvalue weighted by Gasteiger charge is -2.27. The molecule has 1 aliphatic heterocycles. The highest BCUT2D eigenvalue weighted by molar-refractivity contribution is 7.17. The standard InChI is InChI=1S/C16H20N2OS/c1-2-7-16(8-3-9-17-16)15(19)18-13-4-5-14-12(11-13)6-10-20-14/h4-6,10-11,17H,2-3,7-9H2,1H3,(H,18,19). The molecule has 20 heavy (non-hydrogen) atoms. The molecule has 2 aromatic rings. The molecule has 3 nitrogen and oxygen atoms in total.